The molecular formula is C13H22O3. The van der Waals surface area contributed by atoms with Gasteiger partial charge in [-0.1, -0.05) is 0 Å². The third-order valence-corrected chi connectivity index (χ3v) is 4.43. The van der Waals surface area contributed by atoms with E-state index in [9.17, 15) is 4.79 Å². The van der Waals surface area contributed by atoms with Crippen molar-refractivity contribution < 1.29 is 14.3 Å². The zero-order valence-corrected chi connectivity index (χ0v) is 10.3. The number of fused-ring (bicyclic) bond motifs is 1. The van der Waals surface area contributed by atoms with Crippen LogP contribution in [0.3, 0.4) is 0 Å². The largest absolute Gasteiger partial charge is 0.469 e. The standard InChI is InChI=1S/C13H22O3/c1-15-12-6-5-9-3-4-10(13(14)16-2)7-11(9)8-12/h9-12H,3-8H2,1-2H3. The van der Waals surface area contributed by atoms with Gasteiger partial charge in [0.15, 0.2) is 0 Å². The molecule has 0 saturated heterocycles. The molecule has 0 bridgehead atoms. The van der Waals surface area contributed by atoms with Crippen molar-refractivity contribution in [3.8, 4) is 0 Å². The Labute approximate surface area is 97.5 Å². The smallest absolute Gasteiger partial charge is 0.308 e. The van der Waals surface area contributed by atoms with E-state index < -0.39 is 0 Å². The first kappa shape index (κ1) is 11.9. The zero-order chi connectivity index (χ0) is 11.5. The highest BCUT2D eigenvalue weighted by Crippen LogP contribution is 2.43. The fourth-order valence-corrected chi connectivity index (χ4v) is 3.45. The molecule has 4 atom stereocenters. The number of carbonyl (C=O) groups excluding carboxylic acids is 1. The summed E-state index contributed by atoms with van der Waals surface area (Å²) in [5.41, 5.74) is 0. The Kier molecular flexibility index (Phi) is 3.85. The van der Waals surface area contributed by atoms with E-state index >= 15 is 0 Å². The Morgan fingerprint density at radius 3 is 2.44 bits per heavy atom. The van der Waals surface area contributed by atoms with Gasteiger partial charge in [0.25, 0.3) is 0 Å². The maximum atomic E-state index is 11.5. The van der Waals surface area contributed by atoms with Gasteiger partial charge in [-0.2, -0.15) is 0 Å². The molecule has 0 aliphatic heterocycles. The second-order valence-corrected chi connectivity index (χ2v) is 5.22. The first-order valence-electron chi connectivity index (χ1n) is 6.35. The van der Waals surface area contributed by atoms with Gasteiger partial charge in [0.1, 0.15) is 0 Å². The lowest BCUT2D eigenvalue weighted by molar-refractivity contribution is -0.148. The monoisotopic (exact) mass is 226 g/mol. The molecule has 0 aromatic rings. The van der Waals surface area contributed by atoms with Crippen LogP contribution in [0.25, 0.3) is 0 Å². The van der Waals surface area contributed by atoms with Gasteiger partial charge in [-0.05, 0) is 50.4 Å². The molecule has 16 heavy (non-hydrogen) atoms. The number of esters is 1. The van der Waals surface area contributed by atoms with Crippen molar-refractivity contribution in [1.82, 2.24) is 0 Å². The molecule has 92 valence electrons. The molecule has 0 radical (unpaired) electrons. The Morgan fingerprint density at radius 1 is 1.00 bits per heavy atom. The molecule has 2 fully saturated rings. The minimum absolute atomic E-state index is 0.0157. The topological polar surface area (TPSA) is 35.5 Å². The molecule has 2 aliphatic rings. The van der Waals surface area contributed by atoms with Crippen LogP contribution in [0, 0.1) is 17.8 Å². The molecule has 0 heterocycles. The number of methoxy groups -OCH3 is 2. The summed E-state index contributed by atoms with van der Waals surface area (Å²) in [6.45, 7) is 0. The predicted molar refractivity (Wildman–Crippen MR) is 61.0 cm³/mol. The molecule has 0 spiro atoms. The number of ether oxygens (including phenoxy) is 2. The Hall–Kier alpha value is -0.570. The van der Waals surface area contributed by atoms with Crippen LogP contribution in [-0.2, 0) is 14.3 Å². The summed E-state index contributed by atoms with van der Waals surface area (Å²) >= 11 is 0. The highest BCUT2D eigenvalue weighted by Gasteiger charge is 2.38. The van der Waals surface area contributed by atoms with E-state index in [4.69, 9.17) is 9.47 Å². The summed E-state index contributed by atoms with van der Waals surface area (Å²) in [4.78, 5) is 11.5. The van der Waals surface area contributed by atoms with Crippen LogP contribution in [0.4, 0.5) is 0 Å². The molecule has 4 unspecified atom stereocenters. The predicted octanol–water partition coefficient (Wildman–Crippen LogP) is 2.39. The van der Waals surface area contributed by atoms with Gasteiger partial charge >= 0.3 is 5.97 Å². The van der Waals surface area contributed by atoms with Crippen LogP contribution >= 0.6 is 0 Å². The van der Waals surface area contributed by atoms with Gasteiger partial charge < -0.3 is 9.47 Å². The van der Waals surface area contributed by atoms with Gasteiger partial charge in [0.2, 0.25) is 0 Å². The highest BCUT2D eigenvalue weighted by molar-refractivity contribution is 5.72. The molecule has 0 aromatic carbocycles. The van der Waals surface area contributed by atoms with Crippen molar-refractivity contribution >= 4 is 5.97 Å². The number of rotatable bonds is 2. The van der Waals surface area contributed by atoms with E-state index in [1.54, 1.807) is 7.11 Å². The summed E-state index contributed by atoms with van der Waals surface area (Å²) in [6, 6.07) is 0. The molecule has 0 amide bonds. The van der Waals surface area contributed by atoms with Crippen LogP contribution in [0.2, 0.25) is 0 Å². The first-order chi connectivity index (χ1) is 7.74. The SMILES string of the molecule is COC(=O)C1CCC2CCC(OC)CC2C1. The van der Waals surface area contributed by atoms with Crippen molar-refractivity contribution in [2.75, 3.05) is 14.2 Å². The minimum Gasteiger partial charge on any atom is -0.469 e. The third-order valence-electron chi connectivity index (χ3n) is 4.43. The molecule has 2 aliphatic carbocycles. The Morgan fingerprint density at radius 2 is 1.75 bits per heavy atom. The minimum atomic E-state index is -0.0157. The summed E-state index contributed by atoms with van der Waals surface area (Å²) in [5.74, 6) is 1.63. The zero-order valence-electron chi connectivity index (χ0n) is 10.3. The van der Waals surface area contributed by atoms with E-state index in [1.165, 1.54) is 26.4 Å². The van der Waals surface area contributed by atoms with Gasteiger partial charge in [0, 0.05) is 7.11 Å². The third kappa shape index (κ3) is 2.40. The van der Waals surface area contributed by atoms with Crippen LogP contribution in [0.1, 0.15) is 38.5 Å². The fourth-order valence-electron chi connectivity index (χ4n) is 3.45. The molecule has 0 N–H and O–H groups in total. The summed E-state index contributed by atoms with van der Waals surface area (Å²) < 4.78 is 10.3. The number of hydrogen-bond donors (Lipinski definition) is 0. The second-order valence-electron chi connectivity index (χ2n) is 5.22. The van der Waals surface area contributed by atoms with Gasteiger partial charge in [-0.3, -0.25) is 4.79 Å². The summed E-state index contributed by atoms with van der Waals surface area (Å²) in [6.07, 6.45) is 7.24. The Bertz CT molecular complexity index is 252. The molecule has 2 rings (SSSR count). The first-order valence-corrected chi connectivity index (χ1v) is 6.35. The molecule has 2 saturated carbocycles. The average molecular weight is 226 g/mol. The lowest BCUT2D eigenvalue weighted by Crippen LogP contribution is -2.36. The van der Waals surface area contributed by atoms with Crippen molar-refractivity contribution in [3.05, 3.63) is 0 Å². The van der Waals surface area contributed by atoms with Crippen LogP contribution < -0.4 is 0 Å². The van der Waals surface area contributed by atoms with Gasteiger partial charge in [0.05, 0.1) is 19.1 Å². The van der Waals surface area contributed by atoms with Crippen LogP contribution in [0.5, 0.6) is 0 Å². The second kappa shape index (κ2) is 5.17. The number of carbonyl (C=O) groups is 1. The van der Waals surface area contributed by atoms with Crippen molar-refractivity contribution in [2.24, 2.45) is 17.8 Å². The highest BCUT2D eigenvalue weighted by atomic mass is 16.5. The van der Waals surface area contributed by atoms with Crippen molar-refractivity contribution in [2.45, 2.75) is 44.6 Å². The maximum absolute atomic E-state index is 11.5. The maximum Gasteiger partial charge on any atom is 0.308 e. The average Bonchev–Trinajstić information content (AvgIpc) is 2.36. The van der Waals surface area contributed by atoms with E-state index in [-0.39, 0.29) is 11.9 Å². The molecular weight excluding hydrogens is 204 g/mol. The van der Waals surface area contributed by atoms with Gasteiger partial charge in [-0.15, -0.1) is 0 Å². The molecule has 0 aromatic heterocycles. The summed E-state index contributed by atoms with van der Waals surface area (Å²) in [7, 11) is 3.29. The van der Waals surface area contributed by atoms with E-state index in [0.717, 1.165) is 25.2 Å². The van der Waals surface area contributed by atoms with E-state index in [0.29, 0.717) is 12.0 Å². The van der Waals surface area contributed by atoms with E-state index in [2.05, 4.69) is 0 Å². The fraction of sp³-hybridized carbons (Fsp3) is 0.923. The van der Waals surface area contributed by atoms with Crippen molar-refractivity contribution in [3.63, 3.8) is 0 Å². The van der Waals surface area contributed by atoms with Gasteiger partial charge in [-0.25, -0.2) is 0 Å². The normalized spacial score (nSPS) is 38.9. The number of hydrogen-bond acceptors (Lipinski definition) is 3. The Balaban J connectivity index is 1.93. The van der Waals surface area contributed by atoms with Crippen LogP contribution in [0.15, 0.2) is 0 Å². The quantitative estimate of drug-likeness (QED) is 0.678. The molecule has 3 heteroatoms. The molecule has 3 nitrogen and oxygen atoms in total. The van der Waals surface area contributed by atoms with E-state index in [1.807, 2.05) is 0 Å². The van der Waals surface area contributed by atoms with Crippen LogP contribution in [-0.4, -0.2) is 26.3 Å². The lowest BCUT2D eigenvalue weighted by Gasteiger charge is -2.40. The summed E-state index contributed by atoms with van der Waals surface area (Å²) in [5, 5.41) is 0. The van der Waals surface area contributed by atoms with Crippen molar-refractivity contribution in [1.29, 1.82) is 0 Å². The lowest BCUT2D eigenvalue weighted by atomic mass is 9.67.